The van der Waals surface area contributed by atoms with Crippen molar-refractivity contribution in [3.05, 3.63) is 27.9 Å². The van der Waals surface area contributed by atoms with E-state index in [4.69, 9.17) is 4.74 Å². The van der Waals surface area contributed by atoms with Crippen LogP contribution in [0.15, 0.2) is 12.3 Å². The van der Waals surface area contributed by atoms with Gasteiger partial charge in [0.1, 0.15) is 12.0 Å². The third-order valence-electron chi connectivity index (χ3n) is 3.78. The predicted octanol–water partition coefficient (Wildman–Crippen LogP) is 2.16. The van der Waals surface area contributed by atoms with Gasteiger partial charge in [0.2, 0.25) is 0 Å². The van der Waals surface area contributed by atoms with Gasteiger partial charge in [-0.3, -0.25) is 10.1 Å². The summed E-state index contributed by atoms with van der Waals surface area (Å²) in [6.45, 7) is 5.61. The molecule has 19 heavy (non-hydrogen) atoms. The summed E-state index contributed by atoms with van der Waals surface area (Å²) in [4.78, 5) is 16.7. The molecule has 1 aliphatic heterocycles. The number of pyridine rings is 1. The Balaban J connectivity index is 2.18. The molecule has 1 fully saturated rings. The molecule has 0 aromatic carbocycles. The van der Waals surface area contributed by atoms with Crippen LogP contribution < -0.4 is 4.90 Å². The molecule has 1 aromatic rings. The molecule has 1 aliphatic rings. The normalized spacial score (nSPS) is 23.4. The number of piperidine rings is 1. The number of nitrogens with zero attached hydrogens (tertiary/aromatic N) is 3. The van der Waals surface area contributed by atoms with Crippen LogP contribution in [0.4, 0.5) is 11.5 Å². The zero-order valence-electron chi connectivity index (χ0n) is 11.5. The number of ether oxygens (including phenoxy) is 1. The molecule has 1 aromatic heterocycles. The van der Waals surface area contributed by atoms with E-state index in [1.165, 1.54) is 6.20 Å². The van der Waals surface area contributed by atoms with Gasteiger partial charge >= 0.3 is 0 Å². The molecule has 104 valence electrons. The molecule has 1 saturated heterocycles. The first-order chi connectivity index (χ1) is 9.02. The Bertz CT molecular complexity index is 478. The van der Waals surface area contributed by atoms with Gasteiger partial charge in [0, 0.05) is 25.8 Å². The van der Waals surface area contributed by atoms with Crippen molar-refractivity contribution in [3.8, 4) is 0 Å². The second-order valence-electron chi connectivity index (χ2n) is 5.07. The number of aryl methyl sites for hydroxylation is 1. The third kappa shape index (κ3) is 2.84. The Hall–Kier alpha value is -1.69. The number of aromatic nitrogens is 1. The standard InChI is InChI=1S/C13H19N3O3/c1-9-4-5-15(8-12(9)19-3)13-6-10(2)11(7-14-13)16(17)18/h6-7,9,12H,4-5,8H2,1-3H3. The van der Waals surface area contributed by atoms with Crippen molar-refractivity contribution in [2.24, 2.45) is 5.92 Å². The number of nitro groups is 1. The molecule has 0 amide bonds. The maximum Gasteiger partial charge on any atom is 0.290 e. The maximum absolute atomic E-state index is 10.8. The van der Waals surface area contributed by atoms with Crippen molar-refractivity contribution in [2.45, 2.75) is 26.4 Å². The van der Waals surface area contributed by atoms with Gasteiger partial charge in [0.25, 0.3) is 5.69 Å². The zero-order valence-corrected chi connectivity index (χ0v) is 11.5. The molecule has 2 heterocycles. The molecule has 0 radical (unpaired) electrons. The molecule has 0 N–H and O–H groups in total. The van der Waals surface area contributed by atoms with Crippen molar-refractivity contribution in [1.29, 1.82) is 0 Å². The highest BCUT2D eigenvalue weighted by Gasteiger charge is 2.27. The molecular weight excluding hydrogens is 246 g/mol. The van der Waals surface area contributed by atoms with Crippen LogP contribution in [0.3, 0.4) is 0 Å². The summed E-state index contributed by atoms with van der Waals surface area (Å²) >= 11 is 0. The summed E-state index contributed by atoms with van der Waals surface area (Å²) in [7, 11) is 1.72. The summed E-state index contributed by atoms with van der Waals surface area (Å²) in [5.41, 5.74) is 0.708. The van der Waals surface area contributed by atoms with E-state index in [0.29, 0.717) is 11.5 Å². The lowest BCUT2D eigenvalue weighted by molar-refractivity contribution is -0.385. The van der Waals surface area contributed by atoms with Crippen LogP contribution in [-0.4, -0.2) is 36.2 Å². The van der Waals surface area contributed by atoms with Gasteiger partial charge in [-0.1, -0.05) is 6.92 Å². The van der Waals surface area contributed by atoms with E-state index >= 15 is 0 Å². The van der Waals surface area contributed by atoms with Crippen LogP contribution in [0.25, 0.3) is 0 Å². The molecule has 2 atom stereocenters. The van der Waals surface area contributed by atoms with Gasteiger partial charge in [0.15, 0.2) is 0 Å². The second-order valence-corrected chi connectivity index (χ2v) is 5.07. The van der Waals surface area contributed by atoms with Gasteiger partial charge in [-0.15, -0.1) is 0 Å². The molecule has 2 rings (SSSR count). The highest BCUT2D eigenvalue weighted by atomic mass is 16.6. The van der Waals surface area contributed by atoms with Crippen LogP contribution in [0.2, 0.25) is 0 Å². The summed E-state index contributed by atoms with van der Waals surface area (Å²) < 4.78 is 5.47. The Morgan fingerprint density at radius 2 is 2.32 bits per heavy atom. The second kappa shape index (κ2) is 5.52. The highest BCUT2D eigenvalue weighted by Crippen LogP contribution is 2.26. The van der Waals surface area contributed by atoms with Crippen molar-refractivity contribution in [2.75, 3.05) is 25.1 Å². The molecule has 0 saturated carbocycles. The largest absolute Gasteiger partial charge is 0.379 e. The number of rotatable bonds is 3. The Labute approximate surface area is 112 Å². The minimum atomic E-state index is -0.400. The van der Waals surface area contributed by atoms with Crippen LogP contribution in [0.1, 0.15) is 18.9 Å². The highest BCUT2D eigenvalue weighted by molar-refractivity contribution is 5.49. The summed E-state index contributed by atoms with van der Waals surface area (Å²) in [6.07, 6.45) is 2.56. The topological polar surface area (TPSA) is 68.5 Å². The van der Waals surface area contributed by atoms with E-state index in [1.54, 1.807) is 20.1 Å². The summed E-state index contributed by atoms with van der Waals surface area (Å²) in [5, 5.41) is 10.8. The van der Waals surface area contributed by atoms with Gasteiger partial charge in [-0.25, -0.2) is 4.98 Å². The van der Waals surface area contributed by atoms with E-state index in [1.807, 2.05) is 0 Å². The van der Waals surface area contributed by atoms with Crippen molar-refractivity contribution < 1.29 is 9.66 Å². The van der Waals surface area contributed by atoms with Gasteiger partial charge in [-0.2, -0.15) is 0 Å². The van der Waals surface area contributed by atoms with E-state index < -0.39 is 4.92 Å². The first-order valence-corrected chi connectivity index (χ1v) is 6.41. The maximum atomic E-state index is 10.8. The van der Waals surface area contributed by atoms with Gasteiger partial charge < -0.3 is 9.64 Å². The first kappa shape index (κ1) is 13.7. The minimum Gasteiger partial charge on any atom is -0.379 e. The number of hydrogen-bond acceptors (Lipinski definition) is 5. The predicted molar refractivity (Wildman–Crippen MR) is 72.4 cm³/mol. The number of methoxy groups -OCH3 is 1. The zero-order chi connectivity index (χ0) is 14.0. The molecule has 0 bridgehead atoms. The van der Waals surface area contributed by atoms with Gasteiger partial charge in [-0.05, 0) is 25.3 Å². The lowest BCUT2D eigenvalue weighted by Crippen LogP contribution is -2.44. The van der Waals surface area contributed by atoms with E-state index in [0.717, 1.165) is 25.3 Å². The number of anilines is 1. The summed E-state index contributed by atoms with van der Waals surface area (Å²) in [5.74, 6) is 1.32. The average Bonchev–Trinajstić information content (AvgIpc) is 2.38. The van der Waals surface area contributed by atoms with Crippen molar-refractivity contribution in [3.63, 3.8) is 0 Å². The van der Waals surface area contributed by atoms with Crippen LogP contribution in [0, 0.1) is 23.0 Å². The smallest absolute Gasteiger partial charge is 0.290 e. The molecule has 6 nitrogen and oxygen atoms in total. The van der Waals surface area contributed by atoms with E-state index in [-0.39, 0.29) is 11.8 Å². The van der Waals surface area contributed by atoms with Crippen molar-refractivity contribution in [1.82, 2.24) is 4.98 Å². The quantitative estimate of drug-likeness (QED) is 0.618. The lowest BCUT2D eigenvalue weighted by atomic mass is 9.96. The Kier molecular flexibility index (Phi) is 3.99. The van der Waals surface area contributed by atoms with Crippen LogP contribution in [-0.2, 0) is 4.74 Å². The molecule has 2 unspecified atom stereocenters. The number of hydrogen-bond donors (Lipinski definition) is 0. The Morgan fingerprint density at radius 1 is 1.58 bits per heavy atom. The minimum absolute atomic E-state index is 0.0671. The van der Waals surface area contributed by atoms with Crippen LogP contribution >= 0.6 is 0 Å². The Morgan fingerprint density at radius 3 is 2.89 bits per heavy atom. The monoisotopic (exact) mass is 265 g/mol. The van der Waals surface area contributed by atoms with Gasteiger partial charge in [0.05, 0.1) is 11.0 Å². The summed E-state index contributed by atoms with van der Waals surface area (Å²) in [6, 6.07) is 1.78. The molecule has 0 aliphatic carbocycles. The van der Waals surface area contributed by atoms with E-state index in [2.05, 4.69) is 16.8 Å². The van der Waals surface area contributed by atoms with Crippen LogP contribution in [0.5, 0.6) is 0 Å². The van der Waals surface area contributed by atoms with Crippen molar-refractivity contribution >= 4 is 11.5 Å². The molecule has 6 heteroatoms. The fourth-order valence-electron chi connectivity index (χ4n) is 2.45. The fourth-order valence-corrected chi connectivity index (χ4v) is 2.45. The molecular formula is C13H19N3O3. The average molecular weight is 265 g/mol. The fraction of sp³-hybridized carbons (Fsp3) is 0.615. The third-order valence-corrected chi connectivity index (χ3v) is 3.78. The van der Waals surface area contributed by atoms with E-state index in [9.17, 15) is 10.1 Å². The molecule has 0 spiro atoms. The lowest BCUT2D eigenvalue weighted by Gasteiger charge is -2.36. The SMILES string of the molecule is COC1CN(c2cc(C)c([N+](=O)[O-])cn2)CCC1C. The first-order valence-electron chi connectivity index (χ1n) is 6.41.